The second-order valence-corrected chi connectivity index (χ2v) is 11.0. The molecule has 1 atom stereocenters. The quantitative estimate of drug-likeness (QED) is 0.116. The van der Waals surface area contributed by atoms with Gasteiger partial charge < -0.3 is 21.1 Å². The van der Waals surface area contributed by atoms with Crippen molar-refractivity contribution in [3.8, 4) is 0 Å². The van der Waals surface area contributed by atoms with Crippen LogP contribution in [0.2, 0.25) is 5.02 Å². The van der Waals surface area contributed by atoms with E-state index in [0.29, 0.717) is 16.1 Å². The molecule has 0 saturated heterocycles. The maximum Gasteiger partial charge on any atom is 0.337 e. The molecule has 4 rings (SSSR count). The van der Waals surface area contributed by atoms with Crippen molar-refractivity contribution in [3.05, 3.63) is 130 Å². The van der Waals surface area contributed by atoms with Gasteiger partial charge in [0.25, 0.3) is 11.8 Å². The number of thioether (sulfide) groups is 1. The molecular formula is C32H25ClFN3O5S. The van der Waals surface area contributed by atoms with Crippen LogP contribution in [0, 0.1) is 5.82 Å². The van der Waals surface area contributed by atoms with Crippen molar-refractivity contribution >= 4 is 64.5 Å². The van der Waals surface area contributed by atoms with Crippen LogP contribution in [-0.4, -0.2) is 34.0 Å². The number of aromatic carboxylic acids is 1. The first kappa shape index (κ1) is 31.0. The Hall–Kier alpha value is -4.93. The molecule has 43 heavy (non-hydrogen) atoms. The Balaban J connectivity index is 1.48. The summed E-state index contributed by atoms with van der Waals surface area (Å²) in [5.41, 5.74) is 0.784. The number of nitrogens with one attached hydrogen (secondary N) is 3. The summed E-state index contributed by atoms with van der Waals surface area (Å²) < 4.78 is 14.4. The normalized spacial score (nSPS) is 11.7. The van der Waals surface area contributed by atoms with Crippen LogP contribution in [0.3, 0.4) is 0 Å². The summed E-state index contributed by atoms with van der Waals surface area (Å²) >= 11 is 7.11. The largest absolute Gasteiger partial charge is 0.478 e. The molecule has 0 aromatic heterocycles. The van der Waals surface area contributed by atoms with Crippen LogP contribution < -0.4 is 16.0 Å². The molecule has 8 nitrogen and oxygen atoms in total. The highest BCUT2D eigenvalue weighted by Gasteiger charge is 2.19. The van der Waals surface area contributed by atoms with Gasteiger partial charge in [-0.2, -0.15) is 0 Å². The fourth-order valence-corrected chi connectivity index (χ4v) is 4.93. The van der Waals surface area contributed by atoms with E-state index in [1.807, 2.05) is 0 Å². The van der Waals surface area contributed by atoms with E-state index >= 15 is 0 Å². The van der Waals surface area contributed by atoms with Crippen LogP contribution in [0.4, 0.5) is 15.8 Å². The van der Waals surface area contributed by atoms with Gasteiger partial charge in [0.05, 0.1) is 15.8 Å². The van der Waals surface area contributed by atoms with Gasteiger partial charge in [-0.1, -0.05) is 54.1 Å². The van der Waals surface area contributed by atoms with Crippen molar-refractivity contribution in [3.63, 3.8) is 0 Å². The molecule has 0 saturated carbocycles. The second kappa shape index (κ2) is 14.3. The Labute approximate surface area is 256 Å². The molecule has 0 aliphatic carbocycles. The van der Waals surface area contributed by atoms with E-state index in [9.17, 15) is 28.7 Å². The lowest BCUT2D eigenvalue weighted by molar-refractivity contribution is -0.115. The Kier molecular flexibility index (Phi) is 10.3. The van der Waals surface area contributed by atoms with Gasteiger partial charge in [-0.15, -0.1) is 11.8 Å². The number of amides is 3. The Bertz CT molecular complexity index is 1710. The van der Waals surface area contributed by atoms with Crippen molar-refractivity contribution in [2.45, 2.75) is 17.1 Å². The van der Waals surface area contributed by atoms with Crippen LogP contribution in [0.25, 0.3) is 6.08 Å². The van der Waals surface area contributed by atoms with Gasteiger partial charge in [0.2, 0.25) is 5.91 Å². The fourth-order valence-electron chi connectivity index (χ4n) is 3.80. The Morgan fingerprint density at radius 2 is 1.56 bits per heavy atom. The van der Waals surface area contributed by atoms with Crippen LogP contribution in [0.15, 0.2) is 108 Å². The summed E-state index contributed by atoms with van der Waals surface area (Å²) in [6.45, 7) is 1.67. The van der Waals surface area contributed by atoms with Crippen molar-refractivity contribution in [2.24, 2.45) is 0 Å². The molecule has 0 fully saturated rings. The predicted molar refractivity (Wildman–Crippen MR) is 166 cm³/mol. The topological polar surface area (TPSA) is 125 Å². The molecule has 4 aromatic carbocycles. The van der Waals surface area contributed by atoms with Crippen molar-refractivity contribution in [1.29, 1.82) is 0 Å². The number of anilines is 2. The molecule has 0 heterocycles. The third-order valence-electron chi connectivity index (χ3n) is 5.97. The lowest BCUT2D eigenvalue weighted by Crippen LogP contribution is -2.30. The van der Waals surface area contributed by atoms with Gasteiger partial charge in [-0.3, -0.25) is 14.4 Å². The predicted octanol–water partition coefficient (Wildman–Crippen LogP) is 6.71. The van der Waals surface area contributed by atoms with Crippen molar-refractivity contribution in [2.75, 3.05) is 10.6 Å². The lowest BCUT2D eigenvalue weighted by atomic mass is 10.1. The number of hydrogen-bond acceptors (Lipinski definition) is 5. The Morgan fingerprint density at radius 3 is 2.28 bits per heavy atom. The van der Waals surface area contributed by atoms with Crippen molar-refractivity contribution < 1.29 is 28.7 Å². The highest BCUT2D eigenvalue weighted by atomic mass is 35.5. The first-order valence-corrected chi connectivity index (χ1v) is 14.1. The number of hydrogen-bond donors (Lipinski definition) is 4. The smallest absolute Gasteiger partial charge is 0.337 e. The summed E-state index contributed by atoms with van der Waals surface area (Å²) in [6, 6.07) is 25.0. The highest BCUT2D eigenvalue weighted by molar-refractivity contribution is 8.00. The fraction of sp³-hybridized carbons (Fsp3) is 0.0625. The second-order valence-electron chi connectivity index (χ2n) is 9.13. The molecule has 0 bridgehead atoms. The molecule has 3 amide bonds. The molecule has 1 unspecified atom stereocenters. The van der Waals surface area contributed by atoms with Crippen molar-refractivity contribution in [1.82, 2.24) is 5.32 Å². The number of carbonyl (C=O) groups is 4. The lowest BCUT2D eigenvalue weighted by Gasteiger charge is -2.14. The molecule has 4 aromatic rings. The molecule has 0 aliphatic heterocycles. The van der Waals surface area contributed by atoms with E-state index in [0.717, 1.165) is 0 Å². The van der Waals surface area contributed by atoms with Gasteiger partial charge in [0.1, 0.15) is 11.5 Å². The highest BCUT2D eigenvalue weighted by Crippen LogP contribution is 2.28. The maximum absolute atomic E-state index is 14.4. The molecule has 0 radical (unpaired) electrons. The Morgan fingerprint density at radius 1 is 0.860 bits per heavy atom. The third-order valence-corrected chi connectivity index (χ3v) is 7.40. The minimum Gasteiger partial charge on any atom is -0.478 e. The number of halogens is 2. The molecule has 0 aliphatic rings. The zero-order valence-corrected chi connectivity index (χ0v) is 24.2. The van der Waals surface area contributed by atoms with E-state index in [-0.39, 0.29) is 33.4 Å². The minimum absolute atomic E-state index is 0.0540. The summed E-state index contributed by atoms with van der Waals surface area (Å²) in [5, 5.41) is 16.7. The van der Waals surface area contributed by atoms with E-state index in [4.69, 9.17) is 11.6 Å². The van der Waals surface area contributed by atoms with E-state index in [1.165, 1.54) is 54.2 Å². The zero-order chi connectivity index (χ0) is 30.9. The monoisotopic (exact) mass is 617 g/mol. The first-order valence-electron chi connectivity index (χ1n) is 12.8. The molecule has 4 N–H and O–H groups in total. The number of carboxylic acids is 1. The number of carboxylic acid groups (broad SMARTS) is 1. The van der Waals surface area contributed by atoms with Gasteiger partial charge in [0.15, 0.2) is 0 Å². The zero-order valence-electron chi connectivity index (χ0n) is 22.6. The number of benzene rings is 4. The van der Waals surface area contributed by atoms with E-state index in [2.05, 4.69) is 16.0 Å². The van der Waals surface area contributed by atoms with E-state index < -0.39 is 28.9 Å². The van der Waals surface area contributed by atoms with Crippen LogP contribution in [-0.2, 0) is 9.59 Å². The summed E-state index contributed by atoms with van der Waals surface area (Å²) in [7, 11) is 0. The summed E-state index contributed by atoms with van der Waals surface area (Å²) in [6.07, 6.45) is 1.25. The van der Waals surface area contributed by atoms with Gasteiger partial charge >= 0.3 is 5.97 Å². The van der Waals surface area contributed by atoms with Crippen LogP contribution in [0.5, 0.6) is 0 Å². The third kappa shape index (κ3) is 8.54. The SMILES string of the molecule is CC(Sc1cccc(NC(=O)/C(=C/c2ccccc2F)NC(=O)c2ccccc2)c1)C(=O)Nc1ccc(Cl)c(C(=O)O)c1. The van der Waals surface area contributed by atoms with Gasteiger partial charge in [-0.05, 0) is 67.6 Å². The number of carbonyl (C=O) groups excluding carboxylic acids is 3. The first-order chi connectivity index (χ1) is 20.6. The van der Waals surface area contributed by atoms with Crippen LogP contribution >= 0.6 is 23.4 Å². The summed E-state index contributed by atoms with van der Waals surface area (Å²) in [5.74, 6) is -3.38. The standard InChI is InChI=1S/C32H25ClFN3O5S/c1-19(29(38)35-23-14-15-26(33)25(18-23)32(41)42)43-24-12-7-11-22(17-24)36-31(40)28(16-21-10-5-6-13-27(21)34)37-30(39)20-8-3-2-4-9-20/h2-19H,1H3,(H,35,38)(H,36,40)(H,37,39)(H,41,42)/b28-16-. The average molecular weight is 618 g/mol. The minimum atomic E-state index is -1.21. The molecular weight excluding hydrogens is 593 g/mol. The number of rotatable bonds is 10. The molecule has 0 spiro atoms. The average Bonchev–Trinajstić information content (AvgIpc) is 2.99. The van der Waals surface area contributed by atoms with Gasteiger partial charge in [-0.25, -0.2) is 9.18 Å². The summed E-state index contributed by atoms with van der Waals surface area (Å²) in [4.78, 5) is 50.9. The molecule has 218 valence electrons. The maximum atomic E-state index is 14.4. The van der Waals surface area contributed by atoms with Gasteiger partial charge in [0, 0.05) is 27.4 Å². The van der Waals surface area contributed by atoms with Crippen LogP contribution in [0.1, 0.15) is 33.2 Å². The molecule has 11 heteroatoms. The van der Waals surface area contributed by atoms with E-state index in [1.54, 1.807) is 67.6 Å².